The molecule has 1 heterocycles. The Morgan fingerprint density at radius 3 is 2.67 bits per heavy atom. The SMILES string of the molecule is Cc1ccccc1CN(C)c1sc(C(C)O)cc1[N+](=O)[O-]. The van der Waals surface area contributed by atoms with Crippen LogP contribution >= 0.6 is 11.3 Å². The number of benzene rings is 1. The van der Waals surface area contributed by atoms with Gasteiger partial charge in [-0.25, -0.2) is 0 Å². The van der Waals surface area contributed by atoms with E-state index in [0.717, 1.165) is 11.1 Å². The van der Waals surface area contributed by atoms with E-state index >= 15 is 0 Å². The average Bonchev–Trinajstić information content (AvgIpc) is 2.87. The van der Waals surface area contributed by atoms with Gasteiger partial charge in [0.2, 0.25) is 0 Å². The molecule has 1 aromatic carbocycles. The van der Waals surface area contributed by atoms with Gasteiger partial charge in [0, 0.05) is 24.5 Å². The van der Waals surface area contributed by atoms with Gasteiger partial charge in [0.15, 0.2) is 5.00 Å². The number of hydrogen-bond donors (Lipinski definition) is 1. The zero-order chi connectivity index (χ0) is 15.6. The molecule has 112 valence electrons. The summed E-state index contributed by atoms with van der Waals surface area (Å²) in [4.78, 5) is 13.3. The van der Waals surface area contributed by atoms with E-state index in [1.165, 1.54) is 17.4 Å². The van der Waals surface area contributed by atoms with Gasteiger partial charge >= 0.3 is 5.69 Å². The highest BCUT2D eigenvalue weighted by Gasteiger charge is 2.23. The number of anilines is 1. The summed E-state index contributed by atoms with van der Waals surface area (Å²) in [5.41, 5.74) is 2.33. The van der Waals surface area contributed by atoms with Crippen LogP contribution in [0, 0.1) is 17.0 Å². The summed E-state index contributed by atoms with van der Waals surface area (Å²) in [5, 5.41) is 21.4. The zero-order valence-electron chi connectivity index (χ0n) is 12.2. The molecule has 1 aromatic heterocycles. The van der Waals surface area contributed by atoms with Crippen LogP contribution in [-0.2, 0) is 6.54 Å². The first kappa shape index (κ1) is 15.5. The van der Waals surface area contributed by atoms with Gasteiger partial charge in [-0.15, -0.1) is 11.3 Å². The van der Waals surface area contributed by atoms with E-state index in [9.17, 15) is 15.2 Å². The molecule has 0 aliphatic heterocycles. The topological polar surface area (TPSA) is 66.6 Å². The van der Waals surface area contributed by atoms with Crippen molar-refractivity contribution >= 4 is 22.0 Å². The van der Waals surface area contributed by atoms with E-state index in [2.05, 4.69) is 0 Å². The van der Waals surface area contributed by atoms with Crippen molar-refractivity contribution in [3.8, 4) is 0 Å². The van der Waals surface area contributed by atoms with Crippen LogP contribution in [0.2, 0.25) is 0 Å². The number of aliphatic hydroxyl groups is 1. The molecular weight excluding hydrogens is 288 g/mol. The van der Waals surface area contributed by atoms with Crippen molar-refractivity contribution in [2.45, 2.75) is 26.5 Å². The van der Waals surface area contributed by atoms with Crippen LogP contribution in [0.5, 0.6) is 0 Å². The van der Waals surface area contributed by atoms with Crippen molar-refractivity contribution in [2.24, 2.45) is 0 Å². The average molecular weight is 306 g/mol. The lowest BCUT2D eigenvalue weighted by Crippen LogP contribution is -2.16. The largest absolute Gasteiger partial charge is 0.388 e. The van der Waals surface area contributed by atoms with E-state index in [-0.39, 0.29) is 5.69 Å². The molecule has 0 aliphatic rings. The molecule has 0 spiro atoms. The van der Waals surface area contributed by atoms with E-state index in [1.807, 2.05) is 43.1 Å². The Balaban J connectivity index is 2.32. The number of rotatable bonds is 5. The molecule has 1 N–H and O–H groups in total. The van der Waals surface area contributed by atoms with E-state index < -0.39 is 11.0 Å². The van der Waals surface area contributed by atoms with Crippen LogP contribution in [0.3, 0.4) is 0 Å². The monoisotopic (exact) mass is 306 g/mol. The highest BCUT2D eigenvalue weighted by atomic mass is 32.1. The predicted molar refractivity (Wildman–Crippen MR) is 84.9 cm³/mol. The van der Waals surface area contributed by atoms with Crippen LogP contribution in [0.25, 0.3) is 0 Å². The number of aryl methyl sites for hydroxylation is 1. The van der Waals surface area contributed by atoms with Gasteiger partial charge in [0.05, 0.1) is 11.0 Å². The van der Waals surface area contributed by atoms with Gasteiger partial charge in [-0.3, -0.25) is 10.1 Å². The molecule has 21 heavy (non-hydrogen) atoms. The fourth-order valence-corrected chi connectivity index (χ4v) is 3.14. The minimum atomic E-state index is -0.700. The molecule has 0 saturated carbocycles. The summed E-state index contributed by atoms with van der Waals surface area (Å²) in [6, 6.07) is 9.42. The summed E-state index contributed by atoms with van der Waals surface area (Å²) < 4.78 is 0. The van der Waals surface area contributed by atoms with Gasteiger partial charge < -0.3 is 10.0 Å². The third-order valence-corrected chi connectivity index (χ3v) is 4.75. The van der Waals surface area contributed by atoms with Crippen molar-refractivity contribution in [3.63, 3.8) is 0 Å². The van der Waals surface area contributed by atoms with Crippen LogP contribution in [0.4, 0.5) is 10.7 Å². The molecule has 2 aromatic rings. The Hall–Kier alpha value is -1.92. The maximum atomic E-state index is 11.2. The van der Waals surface area contributed by atoms with Crippen LogP contribution < -0.4 is 4.90 Å². The highest BCUT2D eigenvalue weighted by molar-refractivity contribution is 7.16. The molecule has 0 amide bonds. The first-order valence-corrected chi connectivity index (χ1v) is 7.43. The molecule has 0 aliphatic carbocycles. The van der Waals surface area contributed by atoms with Crippen molar-refractivity contribution < 1.29 is 10.0 Å². The number of aliphatic hydroxyl groups excluding tert-OH is 1. The number of thiophene rings is 1. The zero-order valence-corrected chi connectivity index (χ0v) is 13.1. The normalized spacial score (nSPS) is 12.2. The standard InChI is InChI=1S/C15H18N2O3S/c1-10-6-4-5-7-12(10)9-16(3)15-13(17(19)20)8-14(21-15)11(2)18/h4-8,11,18H,9H2,1-3H3. The second kappa shape index (κ2) is 6.24. The molecule has 0 fully saturated rings. The van der Waals surface area contributed by atoms with E-state index in [4.69, 9.17) is 0 Å². The molecule has 5 nitrogen and oxygen atoms in total. The van der Waals surface area contributed by atoms with E-state index in [0.29, 0.717) is 16.4 Å². The highest BCUT2D eigenvalue weighted by Crippen LogP contribution is 2.40. The molecule has 0 saturated heterocycles. The van der Waals surface area contributed by atoms with E-state index in [1.54, 1.807) is 6.92 Å². The number of nitro groups is 1. The second-order valence-electron chi connectivity index (χ2n) is 5.05. The Morgan fingerprint density at radius 1 is 1.43 bits per heavy atom. The summed E-state index contributed by atoms with van der Waals surface area (Å²) in [5.74, 6) is 0. The third-order valence-electron chi connectivity index (χ3n) is 3.34. The lowest BCUT2D eigenvalue weighted by molar-refractivity contribution is -0.383. The Kier molecular flexibility index (Phi) is 4.59. The lowest BCUT2D eigenvalue weighted by atomic mass is 10.1. The summed E-state index contributed by atoms with van der Waals surface area (Å²) >= 11 is 1.26. The smallest absolute Gasteiger partial charge is 0.304 e. The fraction of sp³-hybridized carbons (Fsp3) is 0.333. The summed E-state index contributed by atoms with van der Waals surface area (Å²) in [7, 11) is 1.83. The minimum absolute atomic E-state index is 0.0481. The lowest BCUT2D eigenvalue weighted by Gasteiger charge is -2.18. The van der Waals surface area contributed by atoms with Crippen LogP contribution in [-0.4, -0.2) is 17.1 Å². The van der Waals surface area contributed by atoms with Crippen molar-refractivity contribution in [2.75, 3.05) is 11.9 Å². The van der Waals surface area contributed by atoms with Gasteiger partial charge in [0.1, 0.15) is 0 Å². The van der Waals surface area contributed by atoms with Gasteiger partial charge in [0.25, 0.3) is 0 Å². The number of hydrogen-bond acceptors (Lipinski definition) is 5. The molecule has 1 unspecified atom stereocenters. The Bertz CT molecular complexity index is 652. The quantitative estimate of drug-likeness (QED) is 0.676. The molecule has 2 rings (SSSR count). The Labute approximate surface area is 127 Å². The minimum Gasteiger partial charge on any atom is -0.388 e. The predicted octanol–water partition coefficient (Wildman–Crippen LogP) is 3.65. The maximum absolute atomic E-state index is 11.2. The van der Waals surface area contributed by atoms with Crippen LogP contribution in [0.15, 0.2) is 30.3 Å². The first-order valence-electron chi connectivity index (χ1n) is 6.62. The molecule has 1 atom stereocenters. The van der Waals surface area contributed by atoms with Gasteiger partial charge in [-0.05, 0) is 25.0 Å². The van der Waals surface area contributed by atoms with Gasteiger partial charge in [-0.2, -0.15) is 0 Å². The molecule has 0 bridgehead atoms. The summed E-state index contributed by atoms with van der Waals surface area (Å²) in [6.07, 6.45) is -0.700. The fourth-order valence-electron chi connectivity index (χ4n) is 2.11. The maximum Gasteiger partial charge on any atom is 0.304 e. The molecule has 0 radical (unpaired) electrons. The van der Waals surface area contributed by atoms with Gasteiger partial charge in [-0.1, -0.05) is 24.3 Å². The Morgan fingerprint density at radius 2 is 2.10 bits per heavy atom. The van der Waals surface area contributed by atoms with Crippen molar-refractivity contribution in [3.05, 3.63) is 56.5 Å². The second-order valence-corrected chi connectivity index (χ2v) is 6.12. The molecular formula is C15H18N2O3S. The van der Waals surface area contributed by atoms with Crippen LogP contribution in [0.1, 0.15) is 29.0 Å². The molecule has 6 heteroatoms. The third kappa shape index (κ3) is 3.40. The van der Waals surface area contributed by atoms with Crippen molar-refractivity contribution in [1.29, 1.82) is 0 Å². The first-order chi connectivity index (χ1) is 9.90. The summed E-state index contributed by atoms with van der Waals surface area (Å²) in [6.45, 7) is 4.22. The number of nitrogens with zero attached hydrogens (tertiary/aromatic N) is 2. The van der Waals surface area contributed by atoms with Crippen molar-refractivity contribution in [1.82, 2.24) is 0 Å².